The van der Waals surface area contributed by atoms with E-state index in [4.69, 9.17) is 9.47 Å². The van der Waals surface area contributed by atoms with E-state index >= 15 is 0 Å². The minimum atomic E-state index is -0.771. The first-order valence-electron chi connectivity index (χ1n) is 12.4. The fraction of sp³-hybridized carbons (Fsp3) is 0.310. The largest absolute Gasteiger partial charge is 0.490 e. The molecule has 0 aliphatic carbocycles. The van der Waals surface area contributed by atoms with Crippen LogP contribution in [0.1, 0.15) is 30.0 Å². The molecule has 0 radical (unpaired) electrons. The van der Waals surface area contributed by atoms with Gasteiger partial charge in [-0.3, -0.25) is 19.7 Å². The van der Waals surface area contributed by atoms with E-state index in [-0.39, 0.29) is 36.2 Å². The molecule has 1 N–H and O–H groups in total. The van der Waals surface area contributed by atoms with Gasteiger partial charge < -0.3 is 19.7 Å². The van der Waals surface area contributed by atoms with Gasteiger partial charge in [-0.2, -0.15) is 0 Å². The molecular formula is C29H33N3O6. The highest BCUT2D eigenvalue weighted by Gasteiger charge is 2.30. The number of aryl methyl sites for hydroxylation is 1. The van der Waals surface area contributed by atoms with Crippen molar-refractivity contribution in [2.45, 2.75) is 39.3 Å². The molecule has 200 valence electrons. The Morgan fingerprint density at radius 1 is 1.03 bits per heavy atom. The Balaban J connectivity index is 1.89. The van der Waals surface area contributed by atoms with Crippen molar-refractivity contribution in [2.24, 2.45) is 0 Å². The SMILES string of the molecule is CCCNC(=O)[C@H](Cc1ccccc1)N(Cc1ccc(C)cc1)C(=O)COc1ccc([N+](=O)[O-])c(OC)c1. The molecule has 0 unspecified atom stereocenters. The van der Waals surface area contributed by atoms with Crippen LogP contribution in [-0.2, 0) is 22.6 Å². The van der Waals surface area contributed by atoms with E-state index in [1.165, 1.54) is 30.2 Å². The molecule has 1 atom stereocenters. The van der Waals surface area contributed by atoms with Gasteiger partial charge >= 0.3 is 5.69 Å². The Morgan fingerprint density at radius 3 is 2.37 bits per heavy atom. The lowest BCUT2D eigenvalue weighted by Crippen LogP contribution is -2.51. The third-order valence-corrected chi connectivity index (χ3v) is 6.00. The number of nitro benzene ring substituents is 1. The standard InChI is InChI=1S/C29H33N3O6/c1-4-16-30-29(34)26(17-22-8-6-5-7-9-22)31(19-23-12-10-21(2)11-13-23)28(33)20-38-24-14-15-25(32(35)36)27(18-24)37-3/h5-15,18,26H,4,16-17,19-20H2,1-3H3,(H,30,34)/t26-/m0/s1. The first-order valence-corrected chi connectivity index (χ1v) is 12.4. The van der Waals surface area contributed by atoms with Crippen LogP contribution < -0.4 is 14.8 Å². The van der Waals surface area contributed by atoms with Crippen molar-refractivity contribution in [1.82, 2.24) is 10.2 Å². The van der Waals surface area contributed by atoms with E-state index < -0.39 is 16.9 Å². The monoisotopic (exact) mass is 519 g/mol. The molecule has 9 nitrogen and oxygen atoms in total. The van der Waals surface area contributed by atoms with Crippen LogP contribution in [0.4, 0.5) is 5.69 Å². The molecule has 0 aliphatic rings. The van der Waals surface area contributed by atoms with E-state index in [1.807, 2.05) is 68.4 Å². The number of methoxy groups -OCH3 is 1. The number of ether oxygens (including phenoxy) is 2. The lowest BCUT2D eigenvalue weighted by Gasteiger charge is -2.31. The van der Waals surface area contributed by atoms with Crippen LogP contribution in [0.2, 0.25) is 0 Å². The Bertz CT molecular complexity index is 1230. The fourth-order valence-electron chi connectivity index (χ4n) is 3.94. The van der Waals surface area contributed by atoms with E-state index in [9.17, 15) is 19.7 Å². The highest BCUT2D eigenvalue weighted by Crippen LogP contribution is 2.30. The van der Waals surface area contributed by atoms with Gasteiger partial charge in [0.05, 0.1) is 12.0 Å². The Hall–Kier alpha value is -4.40. The maximum Gasteiger partial charge on any atom is 0.311 e. The third-order valence-electron chi connectivity index (χ3n) is 6.00. The summed E-state index contributed by atoms with van der Waals surface area (Å²) in [6.07, 6.45) is 1.10. The second-order valence-electron chi connectivity index (χ2n) is 8.88. The predicted molar refractivity (Wildman–Crippen MR) is 144 cm³/mol. The van der Waals surface area contributed by atoms with Crippen molar-refractivity contribution in [3.8, 4) is 11.5 Å². The summed E-state index contributed by atoms with van der Waals surface area (Å²) in [6, 6.07) is 20.6. The van der Waals surface area contributed by atoms with Crippen molar-refractivity contribution < 1.29 is 24.0 Å². The fourth-order valence-corrected chi connectivity index (χ4v) is 3.94. The van der Waals surface area contributed by atoms with E-state index in [1.54, 1.807) is 0 Å². The third kappa shape index (κ3) is 7.80. The Morgan fingerprint density at radius 2 is 1.74 bits per heavy atom. The zero-order valence-corrected chi connectivity index (χ0v) is 21.9. The first kappa shape index (κ1) is 28.2. The molecule has 9 heteroatoms. The summed E-state index contributed by atoms with van der Waals surface area (Å²) >= 11 is 0. The van der Waals surface area contributed by atoms with Crippen molar-refractivity contribution in [2.75, 3.05) is 20.3 Å². The van der Waals surface area contributed by atoms with Crippen LogP contribution in [0.25, 0.3) is 0 Å². The first-order chi connectivity index (χ1) is 18.3. The summed E-state index contributed by atoms with van der Waals surface area (Å²) in [6.45, 7) is 4.29. The summed E-state index contributed by atoms with van der Waals surface area (Å²) in [5.74, 6) is -0.368. The van der Waals surface area contributed by atoms with Gasteiger partial charge in [-0.05, 0) is 30.5 Å². The Kier molecular flexibility index (Phi) is 10.2. The molecule has 0 bridgehead atoms. The minimum absolute atomic E-state index is 0.0253. The van der Waals surface area contributed by atoms with Gasteiger partial charge in [-0.25, -0.2) is 0 Å². The number of carbonyl (C=O) groups is 2. The quantitative estimate of drug-likeness (QED) is 0.264. The average molecular weight is 520 g/mol. The van der Waals surface area contributed by atoms with Crippen LogP contribution in [0.3, 0.4) is 0 Å². The molecule has 2 amide bonds. The van der Waals surface area contributed by atoms with Crippen LogP contribution in [-0.4, -0.2) is 47.9 Å². The molecule has 0 fully saturated rings. The summed E-state index contributed by atoms with van der Waals surface area (Å²) in [5.41, 5.74) is 2.68. The number of rotatable bonds is 13. The van der Waals surface area contributed by atoms with Gasteiger partial charge in [-0.1, -0.05) is 67.1 Å². The van der Waals surface area contributed by atoms with E-state index in [0.29, 0.717) is 13.0 Å². The number of nitro groups is 1. The number of carbonyl (C=O) groups excluding carboxylic acids is 2. The maximum absolute atomic E-state index is 13.6. The lowest BCUT2D eigenvalue weighted by atomic mass is 10.0. The Labute approximate surface area is 222 Å². The molecule has 0 aliphatic heterocycles. The smallest absolute Gasteiger partial charge is 0.311 e. The molecule has 0 heterocycles. The van der Waals surface area contributed by atoms with E-state index in [2.05, 4.69) is 5.32 Å². The topological polar surface area (TPSA) is 111 Å². The zero-order chi connectivity index (χ0) is 27.5. The van der Waals surface area contributed by atoms with Crippen LogP contribution in [0.5, 0.6) is 11.5 Å². The van der Waals surface area contributed by atoms with Crippen molar-refractivity contribution in [3.63, 3.8) is 0 Å². The zero-order valence-electron chi connectivity index (χ0n) is 21.9. The highest BCUT2D eigenvalue weighted by atomic mass is 16.6. The van der Waals surface area contributed by atoms with Crippen molar-refractivity contribution in [1.29, 1.82) is 0 Å². The molecule has 0 spiro atoms. The van der Waals surface area contributed by atoms with Gasteiger partial charge in [0.1, 0.15) is 11.8 Å². The molecule has 38 heavy (non-hydrogen) atoms. The summed E-state index contributed by atoms with van der Waals surface area (Å²) in [5, 5.41) is 14.1. The number of amides is 2. The van der Waals surface area contributed by atoms with Crippen molar-refractivity contribution >= 4 is 17.5 Å². The summed E-state index contributed by atoms with van der Waals surface area (Å²) in [4.78, 5) is 39.1. The molecule has 3 aromatic rings. The minimum Gasteiger partial charge on any atom is -0.490 e. The van der Waals surface area contributed by atoms with Crippen molar-refractivity contribution in [3.05, 3.63) is 99.6 Å². The van der Waals surface area contributed by atoms with Crippen LogP contribution in [0, 0.1) is 17.0 Å². The number of benzene rings is 3. The van der Waals surface area contributed by atoms with Gasteiger partial charge in [0, 0.05) is 31.6 Å². The molecule has 0 saturated heterocycles. The predicted octanol–water partition coefficient (Wildman–Crippen LogP) is 4.46. The van der Waals surface area contributed by atoms with Gasteiger partial charge in [0.25, 0.3) is 5.91 Å². The maximum atomic E-state index is 13.6. The highest BCUT2D eigenvalue weighted by molar-refractivity contribution is 5.88. The summed E-state index contributed by atoms with van der Waals surface area (Å²) in [7, 11) is 1.32. The van der Waals surface area contributed by atoms with Gasteiger partial charge in [-0.15, -0.1) is 0 Å². The summed E-state index contributed by atoms with van der Waals surface area (Å²) < 4.78 is 10.8. The number of nitrogens with one attached hydrogen (secondary N) is 1. The molecule has 0 aromatic heterocycles. The van der Waals surface area contributed by atoms with Crippen LogP contribution >= 0.6 is 0 Å². The van der Waals surface area contributed by atoms with Gasteiger partial charge in [0.15, 0.2) is 6.61 Å². The average Bonchev–Trinajstić information content (AvgIpc) is 2.93. The molecule has 3 aromatic carbocycles. The second-order valence-corrected chi connectivity index (χ2v) is 8.88. The van der Waals surface area contributed by atoms with Crippen LogP contribution in [0.15, 0.2) is 72.8 Å². The van der Waals surface area contributed by atoms with E-state index in [0.717, 1.165) is 23.1 Å². The second kappa shape index (κ2) is 13.8. The molecule has 3 rings (SSSR count). The lowest BCUT2D eigenvalue weighted by molar-refractivity contribution is -0.385. The number of hydrogen-bond acceptors (Lipinski definition) is 6. The molecule has 0 saturated carbocycles. The normalized spacial score (nSPS) is 11.3. The number of hydrogen-bond donors (Lipinski definition) is 1. The number of nitrogens with zero attached hydrogens (tertiary/aromatic N) is 2. The molecular weight excluding hydrogens is 486 g/mol. The van der Waals surface area contributed by atoms with Gasteiger partial charge in [0.2, 0.25) is 11.7 Å².